The van der Waals surface area contributed by atoms with Crippen molar-refractivity contribution in [2.45, 2.75) is 82.6 Å². The highest BCUT2D eigenvalue weighted by atomic mass is 35.5. The third-order valence-corrected chi connectivity index (χ3v) is 10.5. The lowest BCUT2D eigenvalue weighted by Crippen LogP contribution is -2.51. The summed E-state index contributed by atoms with van der Waals surface area (Å²) in [6.45, 7) is 6.54. The Morgan fingerprint density at radius 3 is 2.64 bits per heavy atom. The normalized spacial score (nSPS) is 27.2. The maximum absolute atomic E-state index is 17.1. The van der Waals surface area contributed by atoms with Gasteiger partial charge in [0.05, 0.1) is 35.8 Å². The van der Waals surface area contributed by atoms with Gasteiger partial charge in [-0.3, -0.25) is 4.90 Å². The van der Waals surface area contributed by atoms with Crippen molar-refractivity contribution in [3.05, 3.63) is 27.8 Å². The molecule has 5 atom stereocenters. The van der Waals surface area contributed by atoms with Crippen LogP contribution in [-0.2, 0) is 4.74 Å². The number of aromatic nitrogens is 3. The number of methoxy groups -OCH3 is 1. The molecule has 2 aromatic heterocycles. The van der Waals surface area contributed by atoms with Crippen molar-refractivity contribution in [2.75, 3.05) is 58.0 Å². The molecule has 0 aromatic carbocycles. The van der Waals surface area contributed by atoms with E-state index in [4.69, 9.17) is 42.4 Å². The first-order chi connectivity index (χ1) is 22.7. The maximum Gasteiger partial charge on any atom is 0.319 e. The summed E-state index contributed by atoms with van der Waals surface area (Å²) in [6, 6.07) is 0.608. The smallest absolute Gasteiger partial charge is 0.319 e. The lowest BCUT2D eigenvalue weighted by atomic mass is 9.89. The number of nitrogens with zero attached hydrogens (tertiary/aromatic N) is 5. The van der Waals surface area contributed by atoms with Gasteiger partial charge in [-0.05, 0) is 62.3 Å². The Bertz CT molecular complexity index is 1590. The molecule has 9 nitrogen and oxygen atoms in total. The molecule has 2 bridgehead atoms. The molecule has 4 saturated heterocycles. The van der Waals surface area contributed by atoms with E-state index in [9.17, 15) is 9.50 Å². The van der Waals surface area contributed by atoms with E-state index in [0.29, 0.717) is 66.4 Å². The van der Waals surface area contributed by atoms with Gasteiger partial charge in [-0.1, -0.05) is 31.4 Å². The van der Waals surface area contributed by atoms with Crippen LogP contribution < -0.4 is 15.0 Å². The van der Waals surface area contributed by atoms with Gasteiger partial charge in [-0.15, -0.1) is 6.42 Å². The molecule has 0 amide bonds. The van der Waals surface area contributed by atoms with E-state index in [1.54, 1.807) is 13.2 Å². The van der Waals surface area contributed by atoms with Crippen LogP contribution in [0.4, 0.5) is 14.6 Å². The van der Waals surface area contributed by atoms with Gasteiger partial charge in [-0.25, -0.2) is 13.8 Å². The summed E-state index contributed by atoms with van der Waals surface area (Å²) in [4.78, 5) is 18.9. The molecule has 4 fully saturated rings. The Labute approximate surface area is 280 Å². The van der Waals surface area contributed by atoms with Crippen molar-refractivity contribution in [3.63, 3.8) is 0 Å². The zero-order valence-corrected chi connectivity index (χ0v) is 28.3. The molecule has 0 radical (unpaired) electrons. The number of halogens is 3. The predicted molar refractivity (Wildman–Crippen MR) is 181 cm³/mol. The average molecular weight is 671 g/mol. The van der Waals surface area contributed by atoms with E-state index in [-0.39, 0.29) is 49.1 Å². The van der Waals surface area contributed by atoms with Crippen LogP contribution in [-0.4, -0.2) is 102 Å². The number of terminal acetylenes is 1. The van der Waals surface area contributed by atoms with Gasteiger partial charge in [0, 0.05) is 50.3 Å². The number of pyridine rings is 1. The second-order valence-corrected chi connectivity index (χ2v) is 13.7. The number of anilines is 1. The van der Waals surface area contributed by atoms with Gasteiger partial charge in [0.1, 0.15) is 29.8 Å². The minimum absolute atomic E-state index is 0.0467. The molecule has 4 aliphatic heterocycles. The molecule has 254 valence electrons. The van der Waals surface area contributed by atoms with Gasteiger partial charge in [0.15, 0.2) is 5.82 Å². The number of nitrogens with one attached hydrogen (secondary N) is 1. The van der Waals surface area contributed by atoms with Gasteiger partial charge in [-0.2, -0.15) is 9.97 Å². The number of aliphatic hydroxyl groups is 1. The van der Waals surface area contributed by atoms with Crippen molar-refractivity contribution in [1.82, 2.24) is 25.2 Å². The zero-order valence-electron chi connectivity index (χ0n) is 27.5. The summed E-state index contributed by atoms with van der Waals surface area (Å²) in [5.74, 6) is 1.98. The highest BCUT2D eigenvalue weighted by molar-refractivity contribution is 6.32. The Hall–Kier alpha value is -2.88. The van der Waals surface area contributed by atoms with Crippen LogP contribution in [0.3, 0.4) is 0 Å². The van der Waals surface area contributed by atoms with Crippen molar-refractivity contribution in [1.29, 1.82) is 0 Å². The highest BCUT2D eigenvalue weighted by Crippen LogP contribution is 2.42. The van der Waals surface area contributed by atoms with E-state index in [1.165, 1.54) is 0 Å². The summed E-state index contributed by atoms with van der Waals surface area (Å²) < 4.78 is 43.3. The van der Waals surface area contributed by atoms with Crippen LogP contribution in [0.5, 0.6) is 6.01 Å². The van der Waals surface area contributed by atoms with E-state index in [0.717, 1.165) is 37.8 Å². The third-order valence-electron chi connectivity index (χ3n) is 10.3. The largest absolute Gasteiger partial charge is 0.461 e. The summed E-state index contributed by atoms with van der Waals surface area (Å²) >= 11 is 6.62. The van der Waals surface area contributed by atoms with Crippen molar-refractivity contribution < 1.29 is 23.4 Å². The lowest BCUT2D eigenvalue weighted by molar-refractivity contribution is 0.107. The Morgan fingerprint density at radius 2 is 1.98 bits per heavy atom. The number of hydrogen-bond donors (Lipinski definition) is 2. The highest BCUT2D eigenvalue weighted by Gasteiger charge is 2.49. The topological polar surface area (TPSA) is 95.9 Å². The molecule has 0 saturated carbocycles. The molecule has 6 rings (SSSR count). The summed E-state index contributed by atoms with van der Waals surface area (Å²) in [7, 11) is 1.55. The molecule has 0 spiro atoms. The minimum Gasteiger partial charge on any atom is -0.461 e. The summed E-state index contributed by atoms with van der Waals surface area (Å²) in [6.07, 6.45) is 11.8. The first-order valence-corrected chi connectivity index (χ1v) is 17.2. The number of hydrogen-bond acceptors (Lipinski definition) is 9. The molecular weight excluding hydrogens is 626 g/mol. The second-order valence-electron chi connectivity index (χ2n) is 13.3. The van der Waals surface area contributed by atoms with E-state index >= 15 is 4.39 Å². The molecule has 47 heavy (non-hydrogen) atoms. The molecule has 3 unspecified atom stereocenters. The molecule has 6 heterocycles. The standard InChI is InChI=1S/C35H45ClF2N6O3/c1-5-21(18-45)26(6-2)27(7-3)31-30(38)32-29(28(40-31)13-22(36)19-46-4)33(43-16-24-9-10-25(17-43)39-24)42-34(41-32)47-20-35-11-8-12-44(35)15-23(37)14-35/h1,13,21,23-25,39,45H,6-12,14-20H2,2-4H3/b22-13-,27-26-/t21?,23-,24?,25?,35+/m1/s1. The van der Waals surface area contributed by atoms with Crippen LogP contribution in [0.15, 0.2) is 10.6 Å². The summed E-state index contributed by atoms with van der Waals surface area (Å²) in [5.41, 5.74) is 1.51. The molecule has 2 aromatic rings. The van der Waals surface area contributed by atoms with Crippen LogP contribution in [0, 0.1) is 24.1 Å². The average Bonchev–Trinajstić information content (AvgIpc) is 3.71. The zero-order chi connectivity index (χ0) is 33.3. The third kappa shape index (κ3) is 6.60. The van der Waals surface area contributed by atoms with Crippen molar-refractivity contribution in [2.24, 2.45) is 5.92 Å². The van der Waals surface area contributed by atoms with Gasteiger partial charge >= 0.3 is 6.01 Å². The minimum atomic E-state index is -0.904. The van der Waals surface area contributed by atoms with E-state index in [2.05, 4.69) is 21.0 Å². The molecule has 0 aliphatic carbocycles. The number of rotatable bonds is 12. The van der Waals surface area contributed by atoms with Crippen LogP contribution in [0.2, 0.25) is 0 Å². The SMILES string of the molecule is C#CC(CO)/C(CC)=C(/CC)c1nc(/C=C(\Cl)COC)c2c(N3CC4CCC(C3)N4)nc(OC[C@@]34CCCN3C[C@H](F)C4)nc2c1F. The first-order valence-electron chi connectivity index (χ1n) is 16.8. The predicted octanol–water partition coefficient (Wildman–Crippen LogP) is 5.10. The Morgan fingerprint density at radius 1 is 1.21 bits per heavy atom. The molecule has 2 N–H and O–H groups in total. The lowest BCUT2D eigenvalue weighted by Gasteiger charge is -2.35. The van der Waals surface area contributed by atoms with Crippen LogP contribution in [0.1, 0.15) is 70.2 Å². The Balaban J connectivity index is 1.56. The fourth-order valence-corrected chi connectivity index (χ4v) is 8.40. The molecule has 12 heteroatoms. The molecular formula is C35H45ClF2N6O3. The fraction of sp³-hybridized carbons (Fsp3) is 0.629. The number of alkyl halides is 1. The number of piperazine rings is 1. The fourth-order valence-electron chi connectivity index (χ4n) is 8.18. The maximum atomic E-state index is 17.1. The van der Waals surface area contributed by atoms with Crippen LogP contribution in [0.25, 0.3) is 22.6 Å². The van der Waals surface area contributed by atoms with Gasteiger partial charge in [0.2, 0.25) is 0 Å². The number of ether oxygens (including phenoxy) is 2. The number of fused-ring (bicyclic) bond motifs is 4. The number of allylic oxidation sites excluding steroid dienone is 1. The first kappa shape index (κ1) is 34.0. The second kappa shape index (κ2) is 14.3. The van der Waals surface area contributed by atoms with Crippen molar-refractivity contribution >= 4 is 40.0 Å². The molecule has 4 aliphatic rings. The van der Waals surface area contributed by atoms with Gasteiger partial charge in [0.25, 0.3) is 0 Å². The number of aliphatic hydroxyl groups excluding tert-OH is 1. The van der Waals surface area contributed by atoms with Crippen molar-refractivity contribution in [3.8, 4) is 18.4 Å². The van der Waals surface area contributed by atoms with E-state index < -0.39 is 23.4 Å². The van der Waals surface area contributed by atoms with Gasteiger partial charge < -0.3 is 24.8 Å². The Kier molecular flexibility index (Phi) is 10.4. The van der Waals surface area contributed by atoms with E-state index in [1.807, 2.05) is 13.8 Å². The quantitative estimate of drug-likeness (QED) is 0.299. The summed E-state index contributed by atoms with van der Waals surface area (Å²) in [5, 5.41) is 14.5. The van der Waals surface area contributed by atoms with Crippen LogP contribution >= 0.6 is 11.6 Å². The monoisotopic (exact) mass is 670 g/mol.